The second-order valence-corrected chi connectivity index (χ2v) is 4.50. The molecule has 5 heteroatoms. The Kier molecular flexibility index (Phi) is 2.78. The third kappa shape index (κ3) is 2.05. The Morgan fingerprint density at radius 2 is 1.70 bits per heavy atom. The van der Waals surface area contributed by atoms with Crippen molar-refractivity contribution >= 4 is 5.97 Å². The Bertz CT molecular complexity index is 690. The van der Waals surface area contributed by atoms with Crippen LogP contribution in [0, 0.1) is 0 Å². The molecule has 0 fully saturated rings. The molecular formula is C15H9F3O2. The standard InChI is InChI=1S/C15H9F3O2/c16-15(17,18)14(19)20-13-7-3-6-11-10-5-2-1-4-9(10)8-12(11)13/h1-7H,8H2. The maximum atomic E-state index is 12.3. The second kappa shape index (κ2) is 4.37. The van der Waals surface area contributed by atoms with Crippen LogP contribution in [0.25, 0.3) is 11.1 Å². The van der Waals surface area contributed by atoms with E-state index in [9.17, 15) is 18.0 Å². The third-order valence-electron chi connectivity index (χ3n) is 3.24. The van der Waals surface area contributed by atoms with Crippen LogP contribution in [0.5, 0.6) is 5.75 Å². The first-order valence-electron chi connectivity index (χ1n) is 5.96. The molecule has 0 aromatic heterocycles. The molecule has 0 atom stereocenters. The van der Waals surface area contributed by atoms with Crippen molar-refractivity contribution in [3.63, 3.8) is 0 Å². The monoisotopic (exact) mass is 278 g/mol. The summed E-state index contributed by atoms with van der Waals surface area (Å²) in [6.45, 7) is 0. The number of hydrogen-bond acceptors (Lipinski definition) is 2. The Morgan fingerprint density at radius 1 is 1.00 bits per heavy atom. The van der Waals surface area contributed by atoms with E-state index in [1.54, 1.807) is 6.07 Å². The van der Waals surface area contributed by atoms with Crippen LogP contribution in [0.1, 0.15) is 11.1 Å². The number of halogens is 3. The molecule has 0 N–H and O–H groups in total. The number of hydrogen-bond donors (Lipinski definition) is 0. The number of carbonyl (C=O) groups excluding carboxylic acids is 1. The number of rotatable bonds is 1. The average Bonchev–Trinajstić information content (AvgIpc) is 2.77. The number of carbonyl (C=O) groups is 1. The average molecular weight is 278 g/mol. The van der Waals surface area contributed by atoms with Gasteiger partial charge in [0.2, 0.25) is 0 Å². The van der Waals surface area contributed by atoms with Gasteiger partial charge in [0.15, 0.2) is 0 Å². The maximum Gasteiger partial charge on any atom is 0.491 e. The van der Waals surface area contributed by atoms with E-state index >= 15 is 0 Å². The van der Waals surface area contributed by atoms with Gasteiger partial charge in [-0.2, -0.15) is 13.2 Å². The topological polar surface area (TPSA) is 26.3 Å². The Balaban J connectivity index is 2.00. The van der Waals surface area contributed by atoms with Gasteiger partial charge in [-0.15, -0.1) is 0 Å². The first-order valence-corrected chi connectivity index (χ1v) is 5.96. The molecule has 0 bridgehead atoms. The molecule has 1 aliphatic rings. The molecule has 3 rings (SSSR count). The van der Waals surface area contributed by atoms with Gasteiger partial charge in [0.25, 0.3) is 0 Å². The number of fused-ring (bicyclic) bond motifs is 3. The fraction of sp³-hybridized carbons (Fsp3) is 0.133. The summed E-state index contributed by atoms with van der Waals surface area (Å²) in [6, 6.07) is 12.3. The smallest absolute Gasteiger partial charge is 0.420 e. The molecule has 0 aliphatic heterocycles. The van der Waals surface area contributed by atoms with Crippen molar-refractivity contribution in [2.24, 2.45) is 0 Å². The molecule has 0 saturated carbocycles. The summed E-state index contributed by atoms with van der Waals surface area (Å²) in [5.74, 6) is -2.22. The van der Waals surface area contributed by atoms with E-state index in [1.807, 2.05) is 30.3 Å². The first-order chi connectivity index (χ1) is 9.47. The normalized spacial score (nSPS) is 12.8. The zero-order valence-electron chi connectivity index (χ0n) is 10.2. The van der Waals surface area contributed by atoms with E-state index in [-0.39, 0.29) is 5.75 Å². The van der Waals surface area contributed by atoms with E-state index in [0.717, 1.165) is 16.7 Å². The van der Waals surface area contributed by atoms with Gasteiger partial charge < -0.3 is 4.74 Å². The molecule has 0 spiro atoms. The van der Waals surface area contributed by atoms with Crippen LogP contribution in [0.2, 0.25) is 0 Å². The Morgan fingerprint density at radius 3 is 2.45 bits per heavy atom. The van der Waals surface area contributed by atoms with Gasteiger partial charge in [0.1, 0.15) is 5.75 Å². The SMILES string of the molecule is O=C(Oc1cccc2c1Cc1ccccc1-2)C(F)(F)F. The predicted molar refractivity (Wildman–Crippen MR) is 66.4 cm³/mol. The second-order valence-electron chi connectivity index (χ2n) is 4.50. The molecule has 0 amide bonds. The maximum absolute atomic E-state index is 12.3. The van der Waals surface area contributed by atoms with Crippen molar-refractivity contribution in [3.8, 4) is 16.9 Å². The van der Waals surface area contributed by atoms with Crippen molar-refractivity contribution in [1.29, 1.82) is 0 Å². The zero-order chi connectivity index (χ0) is 14.3. The number of alkyl halides is 3. The lowest BCUT2D eigenvalue weighted by molar-refractivity contribution is -0.189. The van der Waals surface area contributed by atoms with Crippen LogP contribution >= 0.6 is 0 Å². The molecular weight excluding hydrogens is 269 g/mol. The van der Waals surface area contributed by atoms with E-state index in [1.165, 1.54) is 6.07 Å². The van der Waals surface area contributed by atoms with Crippen molar-refractivity contribution in [2.45, 2.75) is 12.6 Å². The van der Waals surface area contributed by atoms with E-state index in [0.29, 0.717) is 12.0 Å². The lowest BCUT2D eigenvalue weighted by Crippen LogP contribution is -2.28. The molecule has 2 aromatic carbocycles. The fourth-order valence-corrected chi connectivity index (χ4v) is 2.38. The summed E-state index contributed by atoms with van der Waals surface area (Å²) >= 11 is 0. The molecule has 0 saturated heterocycles. The Hall–Kier alpha value is -2.30. The van der Waals surface area contributed by atoms with Gasteiger partial charge in [0, 0.05) is 12.0 Å². The lowest BCUT2D eigenvalue weighted by atomic mass is 10.1. The molecule has 0 radical (unpaired) electrons. The highest BCUT2D eigenvalue weighted by molar-refractivity contribution is 5.82. The van der Waals surface area contributed by atoms with Gasteiger partial charge in [-0.3, -0.25) is 0 Å². The summed E-state index contributed by atoms with van der Waals surface area (Å²) in [5.41, 5.74) is 3.41. The minimum Gasteiger partial charge on any atom is -0.420 e. The van der Waals surface area contributed by atoms with Gasteiger partial charge >= 0.3 is 12.1 Å². The minimum atomic E-state index is -4.99. The van der Waals surface area contributed by atoms with Crippen molar-refractivity contribution in [3.05, 3.63) is 53.6 Å². The van der Waals surface area contributed by atoms with Crippen LogP contribution in [0.15, 0.2) is 42.5 Å². The molecule has 102 valence electrons. The predicted octanol–water partition coefficient (Wildman–Crippen LogP) is 3.73. The van der Waals surface area contributed by atoms with Crippen molar-refractivity contribution in [2.75, 3.05) is 0 Å². The minimum absolute atomic E-state index is 0.0268. The van der Waals surface area contributed by atoms with Gasteiger partial charge in [-0.05, 0) is 22.8 Å². The highest BCUT2D eigenvalue weighted by atomic mass is 19.4. The van der Waals surface area contributed by atoms with Crippen molar-refractivity contribution < 1.29 is 22.7 Å². The molecule has 0 heterocycles. The van der Waals surface area contributed by atoms with Crippen LogP contribution < -0.4 is 4.74 Å². The first kappa shape index (κ1) is 12.7. The van der Waals surface area contributed by atoms with Crippen LogP contribution in [0.4, 0.5) is 13.2 Å². The largest absolute Gasteiger partial charge is 0.491 e. The summed E-state index contributed by atoms with van der Waals surface area (Å²) in [7, 11) is 0. The highest BCUT2D eigenvalue weighted by Gasteiger charge is 2.42. The van der Waals surface area contributed by atoms with Crippen LogP contribution in [-0.2, 0) is 11.2 Å². The molecule has 0 unspecified atom stereocenters. The zero-order valence-corrected chi connectivity index (χ0v) is 10.2. The van der Waals surface area contributed by atoms with Crippen LogP contribution in [0.3, 0.4) is 0 Å². The number of benzene rings is 2. The molecule has 1 aliphatic carbocycles. The highest BCUT2D eigenvalue weighted by Crippen LogP contribution is 2.41. The van der Waals surface area contributed by atoms with E-state index in [2.05, 4.69) is 4.74 Å². The van der Waals surface area contributed by atoms with Gasteiger partial charge in [-0.25, -0.2) is 4.79 Å². The summed E-state index contributed by atoms with van der Waals surface area (Å²) < 4.78 is 41.3. The van der Waals surface area contributed by atoms with Gasteiger partial charge in [-0.1, -0.05) is 36.4 Å². The van der Waals surface area contributed by atoms with Crippen molar-refractivity contribution in [1.82, 2.24) is 0 Å². The third-order valence-corrected chi connectivity index (χ3v) is 3.24. The summed E-state index contributed by atoms with van der Waals surface area (Å²) in [5, 5.41) is 0. The summed E-state index contributed by atoms with van der Waals surface area (Å²) in [4.78, 5) is 11.0. The lowest BCUT2D eigenvalue weighted by Gasteiger charge is -2.10. The van der Waals surface area contributed by atoms with E-state index < -0.39 is 12.1 Å². The summed E-state index contributed by atoms with van der Waals surface area (Å²) in [6.07, 6.45) is -4.53. The van der Waals surface area contributed by atoms with Gasteiger partial charge in [0.05, 0.1) is 0 Å². The molecule has 2 nitrogen and oxygen atoms in total. The van der Waals surface area contributed by atoms with Crippen LogP contribution in [-0.4, -0.2) is 12.1 Å². The number of esters is 1. The molecule has 2 aromatic rings. The number of ether oxygens (including phenoxy) is 1. The Labute approximate surface area is 112 Å². The fourth-order valence-electron chi connectivity index (χ4n) is 2.38. The van der Waals surface area contributed by atoms with E-state index in [4.69, 9.17) is 0 Å². The quantitative estimate of drug-likeness (QED) is 0.501. The molecule has 20 heavy (non-hydrogen) atoms.